The molecule has 2 aliphatic rings. The number of fused-ring (bicyclic) bond motifs is 3. The summed E-state index contributed by atoms with van der Waals surface area (Å²) in [5, 5.41) is 0. The molecule has 2 aromatic heterocycles. The molecule has 218 valence electrons. The fraction of sp³-hybridized carbons (Fsp3) is 0.394. The Morgan fingerprint density at radius 1 is 1.00 bits per heavy atom. The van der Waals surface area contributed by atoms with Gasteiger partial charge < -0.3 is 14.7 Å². The van der Waals surface area contributed by atoms with Crippen LogP contribution in [0.5, 0.6) is 0 Å². The van der Waals surface area contributed by atoms with Crippen LogP contribution in [0, 0.1) is 0 Å². The summed E-state index contributed by atoms with van der Waals surface area (Å²) in [6, 6.07) is 11.8. The second kappa shape index (κ2) is 10.9. The normalized spacial score (nSPS) is 16.3. The number of amides is 1. The van der Waals surface area contributed by atoms with Crippen molar-refractivity contribution in [3.05, 3.63) is 71.6 Å². The van der Waals surface area contributed by atoms with Crippen LogP contribution in [0.4, 0.5) is 4.79 Å². The molecule has 2 N–H and O–H groups in total. The molecular formula is C33H38N6O3. The van der Waals surface area contributed by atoms with Crippen LogP contribution in [0.3, 0.4) is 0 Å². The van der Waals surface area contributed by atoms with Crippen molar-refractivity contribution in [1.82, 2.24) is 29.7 Å². The number of likely N-dealkylation sites (tertiary alicyclic amines) is 1. The van der Waals surface area contributed by atoms with Crippen molar-refractivity contribution in [3.63, 3.8) is 0 Å². The number of carbonyl (C=O) groups excluding carboxylic acids is 2. The summed E-state index contributed by atoms with van der Waals surface area (Å²) in [5.41, 5.74) is 6.23. The van der Waals surface area contributed by atoms with Gasteiger partial charge >= 0.3 is 6.09 Å². The van der Waals surface area contributed by atoms with Gasteiger partial charge in [0.1, 0.15) is 17.2 Å². The molecule has 1 saturated heterocycles. The second-order valence-corrected chi connectivity index (χ2v) is 12.3. The van der Waals surface area contributed by atoms with E-state index >= 15 is 0 Å². The molecule has 1 fully saturated rings. The molecule has 9 nitrogen and oxygen atoms in total. The zero-order valence-corrected chi connectivity index (χ0v) is 25.0. The number of benzene rings is 2. The molecule has 1 aliphatic heterocycles. The Labute approximate surface area is 246 Å². The van der Waals surface area contributed by atoms with Crippen LogP contribution >= 0.6 is 0 Å². The Balaban J connectivity index is 1.21. The lowest BCUT2D eigenvalue weighted by Crippen LogP contribution is -2.36. The van der Waals surface area contributed by atoms with Gasteiger partial charge in [0.2, 0.25) is 0 Å². The molecule has 0 radical (unpaired) electrons. The van der Waals surface area contributed by atoms with E-state index in [-0.39, 0.29) is 17.9 Å². The van der Waals surface area contributed by atoms with Gasteiger partial charge in [-0.1, -0.05) is 31.2 Å². The third kappa shape index (κ3) is 5.36. The predicted molar refractivity (Wildman–Crippen MR) is 162 cm³/mol. The summed E-state index contributed by atoms with van der Waals surface area (Å²) in [5.74, 6) is 1.65. The van der Waals surface area contributed by atoms with E-state index in [1.807, 2.05) is 63.4 Å². The van der Waals surface area contributed by atoms with Gasteiger partial charge in [-0.3, -0.25) is 14.6 Å². The van der Waals surface area contributed by atoms with Crippen molar-refractivity contribution in [1.29, 1.82) is 0 Å². The molecular weight excluding hydrogens is 528 g/mol. The number of ketones is 1. The molecule has 2 aromatic carbocycles. The number of nitrogens with one attached hydrogen (secondary N) is 2. The molecule has 1 atom stereocenters. The first-order valence-corrected chi connectivity index (χ1v) is 14.7. The summed E-state index contributed by atoms with van der Waals surface area (Å²) >= 11 is 0. The van der Waals surface area contributed by atoms with E-state index in [0.717, 1.165) is 77.6 Å². The highest BCUT2D eigenvalue weighted by molar-refractivity contribution is 6.22. The second-order valence-electron chi connectivity index (χ2n) is 12.3. The number of imidazole rings is 2. The van der Waals surface area contributed by atoms with Gasteiger partial charge in [0.05, 0.1) is 36.4 Å². The number of aromatic nitrogens is 4. The van der Waals surface area contributed by atoms with Gasteiger partial charge in [0.25, 0.3) is 0 Å². The summed E-state index contributed by atoms with van der Waals surface area (Å²) in [6.45, 7) is 10.2. The molecule has 9 heteroatoms. The molecule has 4 aromatic rings. The quantitative estimate of drug-likeness (QED) is 0.230. The highest BCUT2D eigenvalue weighted by Crippen LogP contribution is 2.40. The van der Waals surface area contributed by atoms with E-state index in [1.54, 1.807) is 11.1 Å². The van der Waals surface area contributed by atoms with Crippen molar-refractivity contribution in [2.75, 3.05) is 20.1 Å². The van der Waals surface area contributed by atoms with E-state index < -0.39 is 5.60 Å². The van der Waals surface area contributed by atoms with Crippen LogP contribution in [0.15, 0.2) is 48.8 Å². The fourth-order valence-corrected chi connectivity index (χ4v) is 5.96. The van der Waals surface area contributed by atoms with Crippen molar-refractivity contribution in [2.45, 2.75) is 65.1 Å². The van der Waals surface area contributed by atoms with Crippen LogP contribution < -0.4 is 0 Å². The Kier molecular flexibility index (Phi) is 7.22. The van der Waals surface area contributed by atoms with Gasteiger partial charge in [-0.25, -0.2) is 14.8 Å². The van der Waals surface area contributed by atoms with Crippen LogP contribution in [0.25, 0.3) is 33.6 Å². The highest BCUT2D eigenvalue weighted by atomic mass is 16.6. The first-order chi connectivity index (χ1) is 20.1. The molecule has 42 heavy (non-hydrogen) atoms. The molecule has 0 bridgehead atoms. The van der Waals surface area contributed by atoms with E-state index in [0.29, 0.717) is 17.7 Å². The third-order valence-corrected chi connectivity index (χ3v) is 7.89. The monoisotopic (exact) mass is 566 g/mol. The summed E-state index contributed by atoms with van der Waals surface area (Å²) in [6.07, 6.45) is 6.10. The van der Waals surface area contributed by atoms with E-state index in [4.69, 9.17) is 4.74 Å². The van der Waals surface area contributed by atoms with Crippen LogP contribution in [-0.2, 0) is 11.3 Å². The number of hydrogen-bond donors (Lipinski definition) is 2. The smallest absolute Gasteiger partial charge is 0.410 e. The number of rotatable bonds is 7. The van der Waals surface area contributed by atoms with Crippen LogP contribution in [0.1, 0.15) is 80.6 Å². The van der Waals surface area contributed by atoms with Crippen molar-refractivity contribution in [2.24, 2.45) is 0 Å². The van der Waals surface area contributed by atoms with Crippen molar-refractivity contribution >= 4 is 11.9 Å². The maximum atomic E-state index is 13.6. The molecule has 1 aliphatic carbocycles. The Morgan fingerprint density at radius 2 is 1.64 bits per heavy atom. The number of H-pyrrole nitrogens is 2. The number of carbonyl (C=O) groups is 2. The number of aromatic amines is 2. The first-order valence-electron chi connectivity index (χ1n) is 14.7. The minimum absolute atomic E-state index is 0.0118. The van der Waals surface area contributed by atoms with Gasteiger partial charge in [-0.05, 0) is 76.9 Å². The zero-order chi connectivity index (χ0) is 29.6. The van der Waals surface area contributed by atoms with Gasteiger partial charge in [0.15, 0.2) is 5.78 Å². The standard InChI is InChI=1S/C33H38N6O3/c1-6-13-38(5)19-29-34-17-26(36-29)20-9-11-22-23-12-10-21(16-25(23)30(40)24(22)15-20)27-18-35-31(37-27)28-8-7-14-39(28)32(41)42-33(2,3)4/h9-12,15-18,28H,6-8,13-14,19H2,1-5H3,(H,34,36)(H,35,37). The Morgan fingerprint density at radius 3 is 2.29 bits per heavy atom. The summed E-state index contributed by atoms with van der Waals surface area (Å²) in [4.78, 5) is 46.4. The van der Waals surface area contributed by atoms with Gasteiger partial charge in [-0.15, -0.1) is 0 Å². The topological polar surface area (TPSA) is 107 Å². The SMILES string of the molecule is CCCN(C)Cc1ncc(-c2ccc3c(c2)C(=O)c2cc(-c4cnc(C5CCCN5C(=O)OC(C)(C)C)[nH]4)ccc2-3)[nH]1. The average Bonchev–Trinajstić information content (AvgIpc) is 3.74. The maximum absolute atomic E-state index is 13.6. The predicted octanol–water partition coefficient (Wildman–Crippen LogP) is 6.59. The van der Waals surface area contributed by atoms with E-state index in [9.17, 15) is 9.59 Å². The molecule has 0 saturated carbocycles. The first kappa shape index (κ1) is 27.9. The van der Waals surface area contributed by atoms with Gasteiger partial charge in [0, 0.05) is 28.8 Å². The Hall–Kier alpha value is -4.24. The van der Waals surface area contributed by atoms with Gasteiger partial charge in [-0.2, -0.15) is 0 Å². The van der Waals surface area contributed by atoms with E-state index in [2.05, 4.69) is 38.8 Å². The third-order valence-electron chi connectivity index (χ3n) is 7.89. The fourth-order valence-electron chi connectivity index (χ4n) is 5.96. The number of nitrogens with zero attached hydrogens (tertiary/aromatic N) is 4. The maximum Gasteiger partial charge on any atom is 0.410 e. The largest absolute Gasteiger partial charge is 0.444 e. The number of ether oxygens (including phenoxy) is 1. The summed E-state index contributed by atoms with van der Waals surface area (Å²) < 4.78 is 5.62. The molecule has 0 spiro atoms. The molecule has 1 amide bonds. The molecule has 1 unspecified atom stereocenters. The number of hydrogen-bond acceptors (Lipinski definition) is 6. The summed E-state index contributed by atoms with van der Waals surface area (Å²) in [7, 11) is 2.09. The zero-order valence-electron chi connectivity index (χ0n) is 25.0. The molecule has 6 rings (SSSR count). The lowest BCUT2D eigenvalue weighted by atomic mass is 10.0. The van der Waals surface area contributed by atoms with Crippen LogP contribution in [-0.4, -0.2) is 67.4 Å². The van der Waals surface area contributed by atoms with Crippen molar-refractivity contribution in [3.8, 4) is 33.6 Å². The minimum Gasteiger partial charge on any atom is -0.444 e. The molecule has 3 heterocycles. The lowest BCUT2D eigenvalue weighted by molar-refractivity contribution is 0.0218. The lowest BCUT2D eigenvalue weighted by Gasteiger charge is -2.27. The van der Waals surface area contributed by atoms with Crippen LogP contribution in [0.2, 0.25) is 0 Å². The minimum atomic E-state index is -0.555. The Bertz CT molecular complexity index is 1650. The van der Waals surface area contributed by atoms with Crippen molar-refractivity contribution < 1.29 is 14.3 Å². The average molecular weight is 567 g/mol. The van der Waals surface area contributed by atoms with E-state index in [1.165, 1.54) is 0 Å². The highest BCUT2D eigenvalue weighted by Gasteiger charge is 2.35.